The first kappa shape index (κ1) is 13.9. The molecule has 4 heteroatoms. The summed E-state index contributed by atoms with van der Waals surface area (Å²) in [7, 11) is 0. The van der Waals surface area contributed by atoms with Gasteiger partial charge in [0.05, 0.1) is 6.61 Å². The maximum absolute atomic E-state index is 11.6. The molecule has 0 aliphatic heterocycles. The highest BCUT2D eigenvalue weighted by Gasteiger charge is 2.20. The number of ether oxygens (including phenoxy) is 1. The molecule has 15 heavy (non-hydrogen) atoms. The van der Waals surface area contributed by atoms with E-state index in [4.69, 9.17) is 4.74 Å². The quantitative estimate of drug-likeness (QED) is 0.504. The van der Waals surface area contributed by atoms with Gasteiger partial charge in [-0.15, -0.1) is 0 Å². The first-order valence-corrected chi connectivity index (χ1v) is 5.39. The van der Waals surface area contributed by atoms with Crippen LogP contribution in [0.25, 0.3) is 0 Å². The molecule has 0 bridgehead atoms. The summed E-state index contributed by atoms with van der Waals surface area (Å²) in [5, 5.41) is 0. The van der Waals surface area contributed by atoms with Gasteiger partial charge in [0.15, 0.2) is 0 Å². The van der Waals surface area contributed by atoms with E-state index >= 15 is 0 Å². The van der Waals surface area contributed by atoms with Crippen LogP contribution in [0.1, 0.15) is 40.5 Å². The molecular weight excluding hydrogens is 194 g/mol. The molecule has 0 aromatic carbocycles. The fraction of sp³-hybridized carbons (Fsp3) is 0.818. The first-order chi connectivity index (χ1) is 7.00. The summed E-state index contributed by atoms with van der Waals surface area (Å²) in [6, 6.07) is 0.257. The van der Waals surface area contributed by atoms with Gasteiger partial charge in [-0.1, -0.05) is 0 Å². The lowest BCUT2D eigenvalue weighted by molar-refractivity contribution is -0.108. The summed E-state index contributed by atoms with van der Waals surface area (Å²) < 4.78 is 5.06. The monoisotopic (exact) mass is 215 g/mol. The Hall–Kier alpha value is -1.06. The Labute approximate surface area is 91.6 Å². The minimum Gasteiger partial charge on any atom is -0.449 e. The van der Waals surface area contributed by atoms with Gasteiger partial charge in [0.2, 0.25) is 0 Å². The molecule has 0 fully saturated rings. The molecule has 0 saturated heterocycles. The molecule has 0 saturated carbocycles. The van der Waals surface area contributed by atoms with Crippen molar-refractivity contribution in [2.75, 3.05) is 6.61 Å². The lowest BCUT2D eigenvalue weighted by Gasteiger charge is -2.29. The number of nitrogens with zero attached hydrogens (tertiary/aromatic N) is 1. The fourth-order valence-corrected chi connectivity index (χ4v) is 1.42. The first-order valence-electron chi connectivity index (χ1n) is 5.39. The second kappa shape index (κ2) is 7.26. The molecule has 0 heterocycles. The molecule has 1 amide bonds. The van der Waals surface area contributed by atoms with E-state index in [1.807, 2.05) is 27.7 Å². The number of amides is 1. The van der Waals surface area contributed by atoms with Crippen LogP contribution in [0.4, 0.5) is 4.79 Å². The smallest absolute Gasteiger partial charge is 0.410 e. The molecule has 0 aromatic rings. The van der Waals surface area contributed by atoms with Crippen molar-refractivity contribution in [1.82, 2.24) is 4.90 Å². The molecule has 0 aliphatic rings. The molecule has 0 rings (SSSR count). The molecule has 0 aliphatic carbocycles. The van der Waals surface area contributed by atoms with E-state index in [9.17, 15) is 9.59 Å². The predicted molar refractivity (Wildman–Crippen MR) is 58.8 cm³/mol. The summed E-state index contributed by atoms with van der Waals surface area (Å²) in [5.41, 5.74) is 0. The highest BCUT2D eigenvalue weighted by Crippen LogP contribution is 2.07. The van der Waals surface area contributed by atoms with Crippen molar-refractivity contribution in [2.45, 2.75) is 52.6 Å². The highest BCUT2D eigenvalue weighted by atomic mass is 16.6. The Morgan fingerprint density at radius 1 is 1.27 bits per heavy atom. The van der Waals surface area contributed by atoms with Crippen LogP contribution in [-0.4, -0.2) is 36.0 Å². The van der Waals surface area contributed by atoms with Crippen LogP contribution in [0, 0.1) is 0 Å². The van der Waals surface area contributed by atoms with Gasteiger partial charge >= 0.3 is 6.09 Å². The molecule has 0 unspecified atom stereocenters. The number of carbonyl (C=O) groups excluding carboxylic acids is 2. The Bertz CT molecular complexity index is 194. The molecular formula is C11H21NO3. The van der Waals surface area contributed by atoms with Crippen molar-refractivity contribution in [3.05, 3.63) is 0 Å². The zero-order valence-corrected chi connectivity index (χ0v) is 10.0. The van der Waals surface area contributed by atoms with Crippen LogP contribution in [0.2, 0.25) is 0 Å². The van der Waals surface area contributed by atoms with E-state index in [1.54, 1.807) is 4.90 Å². The van der Waals surface area contributed by atoms with Gasteiger partial charge in [0, 0.05) is 18.5 Å². The summed E-state index contributed by atoms with van der Waals surface area (Å²) in [6.07, 6.45) is 1.57. The highest BCUT2D eigenvalue weighted by molar-refractivity contribution is 5.68. The third-order valence-corrected chi connectivity index (χ3v) is 2.02. The topological polar surface area (TPSA) is 46.6 Å². The minimum absolute atomic E-state index is 0.128. The number of unbranched alkanes of at least 4 members (excludes halogenated alkanes) is 1. The van der Waals surface area contributed by atoms with Crippen molar-refractivity contribution in [2.24, 2.45) is 0 Å². The van der Waals surface area contributed by atoms with E-state index in [0.717, 1.165) is 6.29 Å². The average Bonchev–Trinajstić information content (AvgIpc) is 2.11. The summed E-state index contributed by atoms with van der Waals surface area (Å²) in [6.45, 7) is 8.12. The van der Waals surface area contributed by atoms with Gasteiger partial charge in [-0.05, 0) is 34.1 Å². The van der Waals surface area contributed by atoms with Gasteiger partial charge < -0.3 is 14.4 Å². The summed E-state index contributed by atoms with van der Waals surface area (Å²) >= 11 is 0. The van der Waals surface area contributed by atoms with E-state index in [2.05, 4.69) is 0 Å². The van der Waals surface area contributed by atoms with Crippen molar-refractivity contribution >= 4 is 12.4 Å². The van der Waals surface area contributed by atoms with Crippen molar-refractivity contribution in [1.29, 1.82) is 0 Å². The van der Waals surface area contributed by atoms with Crippen molar-refractivity contribution < 1.29 is 14.3 Å². The lowest BCUT2D eigenvalue weighted by Crippen LogP contribution is -2.42. The average molecular weight is 215 g/mol. The van der Waals surface area contributed by atoms with E-state index in [1.165, 1.54) is 0 Å². The number of carbonyl (C=O) groups is 2. The van der Waals surface area contributed by atoms with Crippen LogP contribution in [0.5, 0.6) is 0 Å². The van der Waals surface area contributed by atoms with Gasteiger partial charge in [-0.2, -0.15) is 0 Å². The Morgan fingerprint density at radius 2 is 1.80 bits per heavy atom. The van der Waals surface area contributed by atoms with Crippen LogP contribution in [-0.2, 0) is 9.53 Å². The van der Waals surface area contributed by atoms with Crippen LogP contribution in [0.3, 0.4) is 0 Å². The van der Waals surface area contributed by atoms with Gasteiger partial charge in [0.1, 0.15) is 6.29 Å². The molecule has 4 nitrogen and oxygen atoms in total. The van der Waals surface area contributed by atoms with Gasteiger partial charge in [0.25, 0.3) is 0 Å². The Kier molecular flexibility index (Phi) is 6.75. The standard InChI is InChI=1S/C11H21NO3/c1-9(2)12(10(3)4)11(14)15-8-6-5-7-13/h7,9-10H,5-6,8H2,1-4H3. The second-order valence-electron chi connectivity index (χ2n) is 4.02. The van der Waals surface area contributed by atoms with Crippen LogP contribution < -0.4 is 0 Å². The van der Waals surface area contributed by atoms with Gasteiger partial charge in [-0.3, -0.25) is 0 Å². The lowest BCUT2D eigenvalue weighted by atomic mass is 10.2. The predicted octanol–water partition coefficient (Wildman–Crippen LogP) is 2.22. The molecule has 88 valence electrons. The van der Waals surface area contributed by atoms with Gasteiger partial charge in [-0.25, -0.2) is 4.79 Å². The van der Waals surface area contributed by atoms with Crippen molar-refractivity contribution in [3.63, 3.8) is 0 Å². The van der Waals surface area contributed by atoms with E-state index < -0.39 is 0 Å². The molecule has 0 aromatic heterocycles. The van der Waals surface area contributed by atoms with E-state index in [-0.39, 0.29) is 18.2 Å². The third kappa shape index (κ3) is 5.40. The van der Waals surface area contributed by atoms with Crippen molar-refractivity contribution in [3.8, 4) is 0 Å². The zero-order valence-electron chi connectivity index (χ0n) is 10.0. The van der Waals surface area contributed by atoms with Crippen LogP contribution >= 0.6 is 0 Å². The minimum atomic E-state index is -0.300. The summed E-state index contributed by atoms with van der Waals surface area (Å²) in [4.78, 5) is 23.3. The third-order valence-electron chi connectivity index (χ3n) is 2.02. The maximum Gasteiger partial charge on any atom is 0.410 e. The van der Waals surface area contributed by atoms with E-state index in [0.29, 0.717) is 19.4 Å². The largest absolute Gasteiger partial charge is 0.449 e. The number of rotatable bonds is 6. The Balaban J connectivity index is 3.98. The summed E-state index contributed by atoms with van der Waals surface area (Å²) in [5.74, 6) is 0. The maximum atomic E-state index is 11.6. The SMILES string of the molecule is CC(C)N(C(=O)OCCCC=O)C(C)C. The Morgan fingerprint density at radius 3 is 2.20 bits per heavy atom. The number of hydrogen-bond donors (Lipinski definition) is 0. The second-order valence-corrected chi connectivity index (χ2v) is 4.02. The number of hydrogen-bond acceptors (Lipinski definition) is 3. The fourth-order valence-electron chi connectivity index (χ4n) is 1.42. The molecule has 0 atom stereocenters. The van der Waals surface area contributed by atoms with Crippen LogP contribution in [0.15, 0.2) is 0 Å². The molecule has 0 spiro atoms. The zero-order chi connectivity index (χ0) is 11.8. The molecule has 0 radical (unpaired) electrons. The number of aldehydes is 1. The molecule has 0 N–H and O–H groups in total. The normalized spacial score (nSPS) is 10.5.